The zero-order valence-electron chi connectivity index (χ0n) is 15.0. The van der Waals surface area contributed by atoms with Gasteiger partial charge in [0.2, 0.25) is 5.91 Å². The van der Waals surface area contributed by atoms with E-state index in [1.807, 2.05) is 55.5 Å². The minimum absolute atomic E-state index is 0.158. The zero-order valence-corrected chi connectivity index (χ0v) is 15.0. The third kappa shape index (κ3) is 5.80. The molecule has 1 unspecified atom stereocenters. The predicted molar refractivity (Wildman–Crippen MR) is 96.7 cm³/mol. The highest BCUT2D eigenvalue weighted by molar-refractivity contribution is 5.80. The first-order chi connectivity index (χ1) is 12.1. The van der Waals surface area contributed by atoms with Crippen molar-refractivity contribution >= 4 is 5.91 Å². The number of para-hydroxylation sites is 1. The molecule has 25 heavy (non-hydrogen) atoms. The Kier molecular flexibility index (Phi) is 7.29. The Hall–Kier alpha value is -2.53. The quantitative estimate of drug-likeness (QED) is 0.759. The smallest absolute Gasteiger partial charge is 0.249 e. The minimum atomic E-state index is -0.551. The summed E-state index contributed by atoms with van der Waals surface area (Å²) in [6.07, 6.45) is -0.551. The lowest BCUT2D eigenvalue weighted by atomic mass is 10.2. The summed E-state index contributed by atoms with van der Waals surface area (Å²) >= 11 is 0. The molecule has 0 saturated heterocycles. The molecule has 1 amide bonds. The number of nitrogens with one attached hydrogen (secondary N) is 1. The Morgan fingerprint density at radius 2 is 1.96 bits per heavy atom. The van der Waals surface area contributed by atoms with Crippen molar-refractivity contribution in [1.82, 2.24) is 5.32 Å². The minimum Gasteiger partial charge on any atom is -0.497 e. The van der Waals surface area contributed by atoms with E-state index in [1.165, 1.54) is 0 Å². The first-order valence-corrected chi connectivity index (χ1v) is 8.37. The fourth-order valence-corrected chi connectivity index (χ4v) is 2.33. The van der Waals surface area contributed by atoms with Crippen molar-refractivity contribution < 1.29 is 19.0 Å². The molecule has 1 atom stereocenters. The summed E-state index contributed by atoms with van der Waals surface area (Å²) in [6.45, 7) is 5.02. The molecule has 0 aliphatic rings. The van der Waals surface area contributed by atoms with Crippen LogP contribution in [0, 0.1) is 0 Å². The van der Waals surface area contributed by atoms with Gasteiger partial charge in [0.25, 0.3) is 0 Å². The lowest BCUT2D eigenvalue weighted by Gasteiger charge is -2.15. The van der Waals surface area contributed by atoms with Gasteiger partial charge < -0.3 is 19.5 Å². The molecule has 0 radical (unpaired) electrons. The van der Waals surface area contributed by atoms with Crippen LogP contribution in [0.15, 0.2) is 48.5 Å². The summed E-state index contributed by atoms with van der Waals surface area (Å²) in [5.41, 5.74) is 1.90. The Morgan fingerprint density at radius 3 is 2.72 bits per heavy atom. The molecule has 0 fully saturated rings. The highest BCUT2D eigenvalue weighted by Gasteiger charge is 2.14. The number of amides is 1. The Bertz CT molecular complexity index is 687. The molecule has 0 heterocycles. The van der Waals surface area contributed by atoms with Gasteiger partial charge in [-0.2, -0.15) is 0 Å². The Balaban J connectivity index is 1.84. The number of ether oxygens (including phenoxy) is 3. The van der Waals surface area contributed by atoms with E-state index in [1.54, 1.807) is 14.0 Å². The van der Waals surface area contributed by atoms with Crippen molar-refractivity contribution in [3.63, 3.8) is 0 Å². The predicted octanol–water partition coefficient (Wildman–Crippen LogP) is 3.32. The summed E-state index contributed by atoms with van der Waals surface area (Å²) in [6, 6.07) is 15.3. The van der Waals surface area contributed by atoms with Crippen molar-refractivity contribution in [1.29, 1.82) is 0 Å². The van der Waals surface area contributed by atoms with Crippen molar-refractivity contribution in [2.45, 2.75) is 33.1 Å². The van der Waals surface area contributed by atoms with Gasteiger partial charge in [0.15, 0.2) is 0 Å². The van der Waals surface area contributed by atoms with Crippen LogP contribution in [-0.2, 0) is 22.7 Å². The van der Waals surface area contributed by atoms with E-state index in [9.17, 15) is 4.79 Å². The summed E-state index contributed by atoms with van der Waals surface area (Å²) in [7, 11) is 1.62. The second-order valence-electron chi connectivity index (χ2n) is 5.56. The van der Waals surface area contributed by atoms with Crippen LogP contribution in [0.2, 0.25) is 0 Å². The normalized spacial score (nSPS) is 11.6. The summed E-state index contributed by atoms with van der Waals surface area (Å²) in [4.78, 5) is 12.2. The van der Waals surface area contributed by atoms with E-state index in [0.717, 1.165) is 22.6 Å². The average Bonchev–Trinajstić information content (AvgIpc) is 2.65. The fraction of sp³-hybridized carbons (Fsp3) is 0.350. The molecule has 134 valence electrons. The van der Waals surface area contributed by atoms with Gasteiger partial charge in [0, 0.05) is 12.1 Å². The van der Waals surface area contributed by atoms with Crippen LogP contribution in [0.25, 0.3) is 0 Å². The van der Waals surface area contributed by atoms with Gasteiger partial charge in [-0.15, -0.1) is 0 Å². The van der Waals surface area contributed by atoms with E-state index in [4.69, 9.17) is 14.2 Å². The number of benzene rings is 2. The number of carbonyl (C=O) groups excluding carboxylic acids is 1. The second kappa shape index (κ2) is 9.69. The van der Waals surface area contributed by atoms with E-state index < -0.39 is 6.10 Å². The molecular weight excluding hydrogens is 318 g/mol. The van der Waals surface area contributed by atoms with Crippen LogP contribution in [0.4, 0.5) is 0 Å². The van der Waals surface area contributed by atoms with Crippen LogP contribution in [0.1, 0.15) is 25.0 Å². The molecule has 0 aliphatic heterocycles. The third-order valence-electron chi connectivity index (χ3n) is 3.73. The maximum absolute atomic E-state index is 12.2. The van der Waals surface area contributed by atoms with Crippen molar-refractivity contribution in [3.05, 3.63) is 59.7 Å². The van der Waals surface area contributed by atoms with Crippen LogP contribution in [0.3, 0.4) is 0 Å². The van der Waals surface area contributed by atoms with Crippen LogP contribution < -0.4 is 14.8 Å². The average molecular weight is 343 g/mol. The maximum atomic E-state index is 12.2. The van der Waals surface area contributed by atoms with Crippen LogP contribution in [-0.4, -0.2) is 25.7 Å². The maximum Gasteiger partial charge on any atom is 0.249 e. The van der Waals surface area contributed by atoms with E-state index in [-0.39, 0.29) is 5.91 Å². The standard InChI is InChI=1S/C20H25NO4/c1-4-24-19-11-6-5-9-17(19)13-21-20(22)15(2)25-14-16-8-7-10-18(12-16)23-3/h5-12,15H,4,13-14H2,1-3H3,(H,21,22). The number of methoxy groups -OCH3 is 1. The van der Waals surface area contributed by atoms with Gasteiger partial charge >= 0.3 is 0 Å². The van der Waals surface area contributed by atoms with Gasteiger partial charge in [0.1, 0.15) is 17.6 Å². The lowest BCUT2D eigenvalue weighted by molar-refractivity contribution is -0.132. The SMILES string of the molecule is CCOc1ccccc1CNC(=O)C(C)OCc1cccc(OC)c1. The van der Waals surface area contributed by atoms with Gasteiger partial charge in [0.05, 0.1) is 20.3 Å². The molecule has 0 saturated carbocycles. The van der Waals surface area contributed by atoms with Crippen LogP contribution in [0.5, 0.6) is 11.5 Å². The molecule has 0 aromatic heterocycles. The second-order valence-corrected chi connectivity index (χ2v) is 5.56. The van der Waals surface area contributed by atoms with Crippen molar-refractivity contribution in [2.75, 3.05) is 13.7 Å². The van der Waals surface area contributed by atoms with Gasteiger partial charge in [-0.3, -0.25) is 4.79 Å². The van der Waals surface area contributed by atoms with Gasteiger partial charge in [-0.05, 0) is 37.6 Å². The summed E-state index contributed by atoms with van der Waals surface area (Å²) in [5, 5.41) is 2.89. The number of rotatable bonds is 9. The molecular formula is C20H25NO4. The zero-order chi connectivity index (χ0) is 18.1. The number of hydrogen-bond acceptors (Lipinski definition) is 4. The monoisotopic (exact) mass is 343 g/mol. The van der Waals surface area contributed by atoms with E-state index >= 15 is 0 Å². The van der Waals surface area contributed by atoms with Crippen LogP contribution >= 0.6 is 0 Å². The largest absolute Gasteiger partial charge is 0.497 e. The highest BCUT2D eigenvalue weighted by atomic mass is 16.5. The Morgan fingerprint density at radius 1 is 1.16 bits per heavy atom. The topological polar surface area (TPSA) is 56.8 Å². The first-order valence-electron chi connectivity index (χ1n) is 8.37. The lowest BCUT2D eigenvalue weighted by Crippen LogP contribution is -2.34. The van der Waals surface area contributed by atoms with Crippen molar-refractivity contribution in [3.8, 4) is 11.5 Å². The number of carbonyl (C=O) groups is 1. The molecule has 1 N–H and O–H groups in total. The summed E-state index contributed by atoms with van der Waals surface area (Å²) < 4.78 is 16.4. The van der Waals surface area contributed by atoms with Gasteiger partial charge in [-0.1, -0.05) is 30.3 Å². The highest BCUT2D eigenvalue weighted by Crippen LogP contribution is 2.18. The van der Waals surface area contributed by atoms with E-state index in [0.29, 0.717) is 19.8 Å². The molecule has 5 nitrogen and oxygen atoms in total. The molecule has 0 bridgehead atoms. The molecule has 2 aromatic rings. The fourth-order valence-electron chi connectivity index (χ4n) is 2.33. The van der Waals surface area contributed by atoms with E-state index in [2.05, 4.69) is 5.32 Å². The molecule has 2 aromatic carbocycles. The molecule has 2 rings (SSSR count). The third-order valence-corrected chi connectivity index (χ3v) is 3.73. The number of hydrogen-bond donors (Lipinski definition) is 1. The van der Waals surface area contributed by atoms with Gasteiger partial charge in [-0.25, -0.2) is 0 Å². The molecule has 0 aliphatic carbocycles. The first kappa shape index (κ1) is 18.8. The Labute approximate surface area is 148 Å². The summed E-state index contributed by atoms with van der Waals surface area (Å²) in [5.74, 6) is 1.40. The molecule has 0 spiro atoms. The van der Waals surface area contributed by atoms with Crippen molar-refractivity contribution in [2.24, 2.45) is 0 Å². The molecule has 5 heteroatoms.